The van der Waals surface area contributed by atoms with E-state index in [2.05, 4.69) is 20.4 Å². The molecule has 1 saturated heterocycles. The van der Waals surface area contributed by atoms with E-state index in [-0.39, 0.29) is 12.1 Å². The summed E-state index contributed by atoms with van der Waals surface area (Å²) in [5.41, 5.74) is 2.05. The maximum Gasteiger partial charge on any atom is 0.123 e. The molecular weight excluding hydrogens is 230 g/mol. The predicted molar refractivity (Wildman–Crippen MR) is 66.9 cm³/mol. The maximum absolute atomic E-state index is 5.34. The van der Waals surface area contributed by atoms with Crippen LogP contribution in [0.3, 0.4) is 0 Å². The van der Waals surface area contributed by atoms with Gasteiger partial charge in [-0.1, -0.05) is 0 Å². The molecule has 2 atom stereocenters. The third-order valence-corrected chi connectivity index (χ3v) is 3.37. The molecule has 3 rings (SSSR count). The van der Waals surface area contributed by atoms with Crippen molar-refractivity contribution in [2.45, 2.75) is 18.6 Å². The fourth-order valence-electron chi connectivity index (χ4n) is 2.31. The molecule has 96 valence electrons. The van der Waals surface area contributed by atoms with Crippen molar-refractivity contribution in [3.63, 3.8) is 0 Å². The van der Waals surface area contributed by atoms with Crippen LogP contribution in [0.5, 0.6) is 0 Å². The number of aryl methyl sites for hydroxylation is 1. The Hall–Kier alpha value is -1.66. The summed E-state index contributed by atoms with van der Waals surface area (Å²) >= 11 is 0. The molecule has 0 radical (unpaired) electrons. The number of methoxy groups -OCH3 is 1. The fourth-order valence-corrected chi connectivity index (χ4v) is 2.31. The van der Waals surface area contributed by atoms with Crippen LogP contribution in [-0.2, 0) is 11.8 Å². The van der Waals surface area contributed by atoms with Crippen molar-refractivity contribution < 1.29 is 4.74 Å². The zero-order chi connectivity index (χ0) is 12.5. The molecule has 0 spiro atoms. The Morgan fingerprint density at radius 2 is 2.33 bits per heavy atom. The monoisotopic (exact) mass is 247 g/mol. The second-order valence-corrected chi connectivity index (χ2v) is 4.64. The van der Waals surface area contributed by atoms with Crippen LogP contribution in [0.15, 0.2) is 18.6 Å². The van der Waals surface area contributed by atoms with E-state index in [1.165, 1.54) is 0 Å². The minimum atomic E-state index is 0.250. The lowest BCUT2D eigenvalue weighted by molar-refractivity contribution is 0.117. The number of imidazole rings is 1. The van der Waals surface area contributed by atoms with Gasteiger partial charge in [-0.05, 0) is 6.42 Å². The van der Waals surface area contributed by atoms with Gasteiger partial charge in [-0.3, -0.25) is 4.68 Å². The second kappa shape index (κ2) is 4.55. The molecule has 2 aromatic rings. The molecule has 6 heteroatoms. The topological polar surface area (TPSA) is 67.8 Å². The summed E-state index contributed by atoms with van der Waals surface area (Å²) in [6, 6.07) is 0.250. The lowest BCUT2D eigenvalue weighted by atomic mass is 10.2. The molecule has 2 N–H and O–H groups in total. The molecule has 0 amide bonds. The van der Waals surface area contributed by atoms with Gasteiger partial charge in [0.1, 0.15) is 5.82 Å². The molecule has 1 aliphatic heterocycles. The highest BCUT2D eigenvalue weighted by atomic mass is 16.5. The van der Waals surface area contributed by atoms with Gasteiger partial charge in [0, 0.05) is 32.5 Å². The molecule has 1 fully saturated rings. The van der Waals surface area contributed by atoms with E-state index in [0.717, 1.165) is 30.0 Å². The number of ether oxygens (including phenoxy) is 1. The summed E-state index contributed by atoms with van der Waals surface area (Å²) < 4.78 is 7.12. The summed E-state index contributed by atoms with van der Waals surface area (Å²) in [4.78, 5) is 7.79. The van der Waals surface area contributed by atoms with Gasteiger partial charge in [0.2, 0.25) is 0 Å². The molecule has 0 aliphatic carbocycles. The normalized spacial score (nSPS) is 23.7. The zero-order valence-electron chi connectivity index (χ0n) is 10.6. The van der Waals surface area contributed by atoms with Crippen LogP contribution >= 0.6 is 0 Å². The number of rotatable bonds is 3. The molecule has 0 bridgehead atoms. The number of aromatic amines is 1. The summed E-state index contributed by atoms with van der Waals surface area (Å²) in [6.07, 6.45) is 6.89. The van der Waals surface area contributed by atoms with Crippen LogP contribution < -0.4 is 5.32 Å². The lowest BCUT2D eigenvalue weighted by Crippen LogP contribution is -2.16. The molecule has 1 aliphatic rings. The third-order valence-electron chi connectivity index (χ3n) is 3.37. The number of aromatic nitrogens is 4. The summed E-state index contributed by atoms with van der Waals surface area (Å²) in [5.74, 6) is 0.966. The first-order chi connectivity index (χ1) is 8.76. The molecule has 0 aromatic carbocycles. The smallest absolute Gasteiger partial charge is 0.123 e. The van der Waals surface area contributed by atoms with Gasteiger partial charge < -0.3 is 15.0 Å². The van der Waals surface area contributed by atoms with Crippen LogP contribution in [0.2, 0.25) is 0 Å². The van der Waals surface area contributed by atoms with Gasteiger partial charge in [-0.25, -0.2) is 4.98 Å². The van der Waals surface area contributed by atoms with Crippen molar-refractivity contribution in [2.75, 3.05) is 13.7 Å². The van der Waals surface area contributed by atoms with Crippen molar-refractivity contribution in [2.24, 2.45) is 7.05 Å². The first kappa shape index (κ1) is 11.4. The Bertz CT molecular complexity index is 532. The largest absolute Gasteiger partial charge is 0.380 e. The standard InChI is InChI=1S/C12H17N5O/c1-17-7-8(4-15-17)11-6-14-12(16-11)10-3-9(18-2)5-13-10/h4,6-7,9-10,13H,3,5H2,1-2H3,(H,14,16). The number of nitrogens with zero attached hydrogens (tertiary/aromatic N) is 3. The highest BCUT2D eigenvalue weighted by Crippen LogP contribution is 2.24. The van der Waals surface area contributed by atoms with Crippen LogP contribution in [0, 0.1) is 0 Å². The maximum atomic E-state index is 5.34. The minimum Gasteiger partial charge on any atom is -0.380 e. The highest BCUT2D eigenvalue weighted by Gasteiger charge is 2.27. The van der Waals surface area contributed by atoms with E-state index in [9.17, 15) is 0 Å². The summed E-state index contributed by atoms with van der Waals surface area (Å²) in [7, 11) is 3.65. The molecule has 2 aromatic heterocycles. The number of hydrogen-bond donors (Lipinski definition) is 2. The van der Waals surface area contributed by atoms with Crippen molar-refractivity contribution in [3.8, 4) is 11.3 Å². The fraction of sp³-hybridized carbons (Fsp3) is 0.500. The minimum absolute atomic E-state index is 0.250. The average Bonchev–Trinajstić information content (AvgIpc) is 3.07. The van der Waals surface area contributed by atoms with Crippen molar-refractivity contribution in [1.29, 1.82) is 0 Å². The third kappa shape index (κ3) is 2.04. The van der Waals surface area contributed by atoms with Crippen LogP contribution in [0.1, 0.15) is 18.3 Å². The quantitative estimate of drug-likeness (QED) is 0.844. The van der Waals surface area contributed by atoms with E-state index in [0.29, 0.717) is 0 Å². The van der Waals surface area contributed by atoms with Gasteiger partial charge in [-0.15, -0.1) is 0 Å². The number of hydrogen-bond acceptors (Lipinski definition) is 4. The summed E-state index contributed by atoms with van der Waals surface area (Å²) in [5, 5.41) is 7.56. The summed E-state index contributed by atoms with van der Waals surface area (Å²) in [6.45, 7) is 0.879. The van der Waals surface area contributed by atoms with E-state index < -0.39 is 0 Å². The number of nitrogens with one attached hydrogen (secondary N) is 2. The molecule has 0 saturated carbocycles. The average molecular weight is 247 g/mol. The van der Waals surface area contributed by atoms with E-state index in [4.69, 9.17) is 4.74 Å². The molecule has 6 nitrogen and oxygen atoms in total. The van der Waals surface area contributed by atoms with E-state index >= 15 is 0 Å². The van der Waals surface area contributed by atoms with Gasteiger partial charge in [-0.2, -0.15) is 5.10 Å². The Balaban J connectivity index is 1.78. The van der Waals surface area contributed by atoms with E-state index in [1.807, 2.05) is 25.6 Å². The first-order valence-electron chi connectivity index (χ1n) is 6.06. The number of H-pyrrole nitrogens is 1. The molecular formula is C12H17N5O. The second-order valence-electron chi connectivity index (χ2n) is 4.64. The Morgan fingerprint density at radius 3 is 3.00 bits per heavy atom. The van der Waals surface area contributed by atoms with Gasteiger partial charge >= 0.3 is 0 Å². The van der Waals surface area contributed by atoms with Gasteiger partial charge in [0.05, 0.1) is 30.2 Å². The van der Waals surface area contributed by atoms with Gasteiger partial charge in [0.15, 0.2) is 0 Å². The van der Waals surface area contributed by atoms with Crippen LogP contribution in [0.4, 0.5) is 0 Å². The highest BCUT2D eigenvalue weighted by molar-refractivity contribution is 5.56. The lowest BCUT2D eigenvalue weighted by Gasteiger charge is -2.06. The Kier molecular flexibility index (Phi) is 2.89. The van der Waals surface area contributed by atoms with Crippen molar-refractivity contribution >= 4 is 0 Å². The predicted octanol–water partition coefficient (Wildman–Crippen LogP) is 0.860. The van der Waals surface area contributed by atoms with E-state index in [1.54, 1.807) is 11.8 Å². The molecule has 2 unspecified atom stereocenters. The van der Waals surface area contributed by atoms with Gasteiger partial charge in [0.25, 0.3) is 0 Å². The SMILES string of the molecule is COC1CNC(c2ncc(-c3cnn(C)c3)[nH]2)C1. The molecule has 18 heavy (non-hydrogen) atoms. The van der Waals surface area contributed by atoms with Crippen molar-refractivity contribution in [1.82, 2.24) is 25.1 Å². The zero-order valence-corrected chi connectivity index (χ0v) is 10.6. The van der Waals surface area contributed by atoms with Crippen molar-refractivity contribution in [3.05, 3.63) is 24.4 Å². The Labute approximate surface area is 105 Å². The Morgan fingerprint density at radius 1 is 1.44 bits per heavy atom. The van der Waals surface area contributed by atoms with Crippen LogP contribution in [0.25, 0.3) is 11.3 Å². The van der Waals surface area contributed by atoms with Crippen LogP contribution in [-0.4, -0.2) is 39.5 Å². The first-order valence-corrected chi connectivity index (χ1v) is 6.06. The molecule has 3 heterocycles.